The number of carbonyl (C=O) groups is 1. The Hall–Kier alpha value is -3.55. The lowest BCUT2D eigenvalue weighted by Crippen LogP contribution is -2.55. The fourth-order valence-corrected chi connectivity index (χ4v) is 5.68. The van der Waals surface area contributed by atoms with E-state index in [0.29, 0.717) is 63.5 Å². The number of piperazine rings is 1. The molecule has 3 aliphatic heterocycles. The van der Waals surface area contributed by atoms with Crippen molar-refractivity contribution in [3.63, 3.8) is 0 Å². The number of likely N-dealkylation sites (tertiary alicyclic amines) is 1. The van der Waals surface area contributed by atoms with Crippen LogP contribution >= 0.6 is 0 Å². The fraction of sp³-hybridized carbons (Fsp3) is 0.500. The minimum absolute atomic E-state index is 0.168. The maximum absolute atomic E-state index is 14.4. The van der Waals surface area contributed by atoms with E-state index >= 15 is 0 Å². The van der Waals surface area contributed by atoms with Gasteiger partial charge >= 0.3 is 6.01 Å². The first-order valence-corrected chi connectivity index (χ1v) is 13.2. The predicted octanol–water partition coefficient (Wildman–Crippen LogP) is 2.72. The molecule has 0 N–H and O–H groups in total. The van der Waals surface area contributed by atoms with Crippen molar-refractivity contribution >= 4 is 11.7 Å². The number of ether oxygens (including phenoxy) is 1. The zero-order chi connectivity index (χ0) is 26.6. The molecule has 1 amide bonds. The van der Waals surface area contributed by atoms with E-state index in [2.05, 4.69) is 34.4 Å². The molecule has 38 heavy (non-hydrogen) atoms. The molecule has 0 unspecified atom stereocenters. The van der Waals surface area contributed by atoms with Crippen LogP contribution in [0.15, 0.2) is 36.9 Å². The van der Waals surface area contributed by atoms with Gasteiger partial charge in [-0.2, -0.15) is 15.2 Å². The van der Waals surface area contributed by atoms with Crippen LogP contribution in [0.4, 0.5) is 10.2 Å². The number of hydrogen-bond donors (Lipinski definition) is 0. The van der Waals surface area contributed by atoms with Crippen LogP contribution in [-0.2, 0) is 24.4 Å². The summed E-state index contributed by atoms with van der Waals surface area (Å²) in [7, 11) is 2.11. The topological polar surface area (TPSA) is 88.8 Å². The fourth-order valence-electron chi connectivity index (χ4n) is 5.68. The average molecular weight is 520 g/mol. The number of fused-ring (bicyclic) bond motifs is 1. The van der Waals surface area contributed by atoms with Gasteiger partial charge in [0.25, 0.3) is 0 Å². The molecule has 2 atom stereocenters. The highest BCUT2D eigenvalue weighted by molar-refractivity contribution is 5.87. The second-order valence-electron chi connectivity index (χ2n) is 10.3. The van der Waals surface area contributed by atoms with Crippen LogP contribution in [0.3, 0.4) is 0 Å². The van der Waals surface area contributed by atoms with Crippen LogP contribution < -0.4 is 9.64 Å². The summed E-state index contributed by atoms with van der Waals surface area (Å²) in [6.45, 7) is 8.33. The number of rotatable bonds is 8. The zero-order valence-corrected chi connectivity index (χ0v) is 21.9. The minimum Gasteiger partial charge on any atom is -0.462 e. The van der Waals surface area contributed by atoms with Crippen LogP contribution in [0.25, 0.3) is 0 Å². The number of anilines is 1. The Kier molecular flexibility index (Phi) is 7.86. The molecule has 9 nitrogen and oxygen atoms in total. The van der Waals surface area contributed by atoms with E-state index in [1.165, 1.54) is 12.1 Å². The number of halogens is 1. The van der Waals surface area contributed by atoms with Gasteiger partial charge < -0.3 is 19.4 Å². The third kappa shape index (κ3) is 5.49. The average Bonchev–Trinajstić information content (AvgIpc) is 3.53. The van der Waals surface area contributed by atoms with Crippen molar-refractivity contribution in [2.75, 3.05) is 44.7 Å². The van der Waals surface area contributed by atoms with E-state index in [4.69, 9.17) is 14.7 Å². The number of likely N-dealkylation sites (N-methyl/N-ethyl adjacent to an activating group) is 1. The van der Waals surface area contributed by atoms with Crippen molar-refractivity contribution in [2.24, 2.45) is 0 Å². The van der Waals surface area contributed by atoms with Gasteiger partial charge in [-0.1, -0.05) is 24.8 Å². The molecule has 0 aliphatic carbocycles. The number of hydrogen-bond acceptors (Lipinski definition) is 8. The first kappa shape index (κ1) is 26.1. The highest BCUT2D eigenvalue weighted by Crippen LogP contribution is 2.34. The van der Waals surface area contributed by atoms with Crippen molar-refractivity contribution < 1.29 is 13.9 Å². The van der Waals surface area contributed by atoms with Gasteiger partial charge in [-0.3, -0.25) is 9.69 Å². The first-order chi connectivity index (χ1) is 18.5. The Bertz CT molecular complexity index is 1230. The third-order valence-electron chi connectivity index (χ3n) is 7.80. The monoisotopic (exact) mass is 519 g/mol. The number of nitrogens with zero attached hydrogens (tertiary/aromatic N) is 7. The molecule has 0 radical (unpaired) electrons. The molecule has 3 aliphatic rings. The number of aromatic nitrogens is 2. The van der Waals surface area contributed by atoms with E-state index in [9.17, 15) is 14.4 Å². The number of benzene rings is 1. The molecule has 0 spiro atoms. The lowest BCUT2D eigenvalue weighted by atomic mass is 10.1. The van der Waals surface area contributed by atoms with Gasteiger partial charge in [-0.05, 0) is 38.6 Å². The molecule has 0 saturated carbocycles. The normalized spacial score (nSPS) is 21.8. The maximum Gasteiger partial charge on any atom is 0.318 e. The van der Waals surface area contributed by atoms with Crippen LogP contribution in [0, 0.1) is 17.1 Å². The lowest BCUT2D eigenvalue weighted by molar-refractivity contribution is -0.128. The molecular weight excluding hydrogens is 485 g/mol. The van der Waals surface area contributed by atoms with E-state index in [0.717, 1.165) is 36.5 Å². The molecule has 10 heteroatoms. The van der Waals surface area contributed by atoms with Gasteiger partial charge in [0, 0.05) is 56.4 Å². The summed E-state index contributed by atoms with van der Waals surface area (Å²) in [6, 6.07) is 9.45. The summed E-state index contributed by atoms with van der Waals surface area (Å²) in [4.78, 5) is 30.4. The highest BCUT2D eigenvalue weighted by Gasteiger charge is 2.34. The van der Waals surface area contributed by atoms with Crippen LogP contribution in [0.2, 0.25) is 0 Å². The van der Waals surface area contributed by atoms with Crippen molar-refractivity contribution in [2.45, 2.75) is 51.0 Å². The SMILES string of the molecule is C=CC(=O)N1CCN(c2nc(OC[C@@H]3CCCN3C)nc3c2CN(Cc2ccccc2F)C3)C[C@@H]1CC#N. The maximum atomic E-state index is 14.4. The Morgan fingerprint density at radius 3 is 2.82 bits per heavy atom. The van der Waals surface area contributed by atoms with Gasteiger partial charge in [0.2, 0.25) is 5.91 Å². The summed E-state index contributed by atoms with van der Waals surface area (Å²) < 4.78 is 20.5. The molecule has 200 valence electrons. The van der Waals surface area contributed by atoms with Gasteiger partial charge in [-0.15, -0.1) is 0 Å². The van der Waals surface area contributed by atoms with Crippen molar-refractivity contribution in [1.29, 1.82) is 5.26 Å². The Morgan fingerprint density at radius 1 is 1.24 bits per heavy atom. The summed E-state index contributed by atoms with van der Waals surface area (Å²) in [5.74, 6) is 0.384. The molecule has 2 aromatic rings. The van der Waals surface area contributed by atoms with Crippen LogP contribution in [0.1, 0.15) is 36.1 Å². The van der Waals surface area contributed by atoms with Gasteiger partial charge in [-0.25, -0.2) is 4.39 Å². The second-order valence-corrected chi connectivity index (χ2v) is 10.3. The van der Waals surface area contributed by atoms with Crippen molar-refractivity contribution in [1.82, 2.24) is 24.7 Å². The number of nitriles is 1. The third-order valence-corrected chi connectivity index (χ3v) is 7.80. The Labute approximate surface area is 223 Å². The first-order valence-electron chi connectivity index (χ1n) is 13.2. The van der Waals surface area contributed by atoms with Crippen LogP contribution in [0.5, 0.6) is 6.01 Å². The van der Waals surface area contributed by atoms with Gasteiger partial charge in [0.05, 0.1) is 24.2 Å². The van der Waals surface area contributed by atoms with Gasteiger partial charge in [0.15, 0.2) is 0 Å². The smallest absolute Gasteiger partial charge is 0.318 e. The lowest BCUT2D eigenvalue weighted by Gasteiger charge is -2.41. The molecule has 2 saturated heterocycles. The summed E-state index contributed by atoms with van der Waals surface area (Å²) in [5, 5.41) is 9.42. The quantitative estimate of drug-likeness (QED) is 0.492. The van der Waals surface area contributed by atoms with Crippen molar-refractivity contribution in [3.8, 4) is 12.1 Å². The molecular formula is C28H34FN7O2. The van der Waals surface area contributed by atoms with Crippen molar-refractivity contribution in [3.05, 3.63) is 59.6 Å². The second kappa shape index (κ2) is 11.5. The molecule has 2 fully saturated rings. The summed E-state index contributed by atoms with van der Waals surface area (Å²) in [5.41, 5.74) is 2.51. The molecule has 1 aromatic heterocycles. The molecule has 1 aromatic carbocycles. The standard InChI is InChI=1S/C28H34FN7O2/c1-3-26(37)36-14-13-35(16-21(36)10-11-30)27-23-17-34(15-20-7-4-5-9-24(20)29)18-25(23)31-28(32-27)38-19-22-8-6-12-33(22)2/h3-5,7,9,21-22H,1,6,8,10,12-19H2,2H3/t21-,22-/m0/s1. The van der Waals surface area contributed by atoms with E-state index < -0.39 is 0 Å². The number of carbonyl (C=O) groups excluding carboxylic acids is 1. The summed E-state index contributed by atoms with van der Waals surface area (Å²) in [6.07, 6.45) is 3.76. The Morgan fingerprint density at radius 2 is 2.08 bits per heavy atom. The van der Waals surface area contributed by atoms with E-state index in [-0.39, 0.29) is 24.2 Å². The number of amides is 1. The molecule has 0 bridgehead atoms. The predicted molar refractivity (Wildman–Crippen MR) is 141 cm³/mol. The van der Waals surface area contributed by atoms with Gasteiger partial charge in [0.1, 0.15) is 18.2 Å². The molecule has 4 heterocycles. The zero-order valence-electron chi connectivity index (χ0n) is 21.9. The highest BCUT2D eigenvalue weighted by atomic mass is 19.1. The largest absolute Gasteiger partial charge is 0.462 e. The van der Waals surface area contributed by atoms with E-state index in [1.54, 1.807) is 17.0 Å². The molecule has 5 rings (SSSR count). The minimum atomic E-state index is -0.266. The van der Waals surface area contributed by atoms with Crippen LogP contribution in [-0.4, -0.2) is 82.5 Å². The summed E-state index contributed by atoms with van der Waals surface area (Å²) >= 11 is 0. The van der Waals surface area contributed by atoms with E-state index in [1.807, 2.05) is 6.07 Å². The Balaban J connectivity index is 1.41.